The number of aliphatic carboxylic acids is 1. The molecule has 4 aromatic rings. The minimum absolute atomic E-state index is 0.0194. The second-order valence-corrected chi connectivity index (χ2v) is 13.6. The van der Waals surface area contributed by atoms with Crippen LogP contribution < -0.4 is 21.7 Å². The van der Waals surface area contributed by atoms with Crippen LogP contribution in [0.2, 0.25) is 0 Å². The minimum Gasteiger partial charge on any atom is -0.508 e. The number of benzene rings is 3. The standard InChI is InChI=1S/C39H46N6O7/c1-23(2)34(40)37(49)42-30(19-24-9-4-3-5-10-24)35(47)43-31(20-25-14-16-27(46)17-15-25)38(50)45-18-8-13-33(45)36(48)44-32(39(51)52)21-26-22-41-29-12-7-6-11-28(26)29/h3-7,9-12,14-17,22-23,30-34,41,46H,8,13,18-21,40H2,1-2H3,(H,42,49)(H,43,47)(H,44,48)(H,51,52)/t30-,31-,32-,33-,34-/m0/s1. The Bertz CT molecular complexity index is 1880. The number of likely N-dealkylation sites (tertiary alicyclic amines) is 1. The number of aromatic amines is 1. The van der Waals surface area contributed by atoms with Gasteiger partial charge in [0, 0.05) is 42.9 Å². The Morgan fingerprint density at radius 1 is 0.808 bits per heavy atom. The van der Waals surface area contributed by atoms with Gasteiger partial charge >= 0.3 is 5.97 Å². The van der Waals surface area contributed by atoms with Crippen molar-refractivity contribution in [3.8, 4) is 5.75 Å². The average Bonchev–Trinajstić information content (AvgIpc) is 3.79. The van der Waals surface area contributed by atoms with Crippen LogP contribution in [-0.2, 0) is 43.2 Å². The van der Waals surface area contributed by atoms with Crippen LogP contribution in [0.15, 0.2) is 85.1 Å². The zero-order valence-corrected chi connectivity index (χ0v) is 29.2. The molecule has 0 unspecified atom stereocenters. The highest BCUT2D eigenvalue weighted by Gasteiger charge is 2.40. The number of aromatic hydroxyl groups is 1. The van der Waals surface area contributed by atoms with Crippen molar-refractivity contribution in [2.24, 2.45) is 11.7 Å². The van der Waals surface area contributed by atoms with Crippen molar-refractivity contribution in [3.63, 3.8) is 0 Å². The number of rotatable bonds is 15. The lowest BCUT2D eigenvalue weighted by atomic mass is 10.00. The SMILES string of the molecule is CC(C)[C@H](N)C(=O)N[C@@H](Cc1ccccc1)C(=O)N[C@@H](Cc1ccc(O)cc1)C(=O)N1CCC[C@H]1C(=O)N[C@@H](Cc1c[nH]c2ccccc12)C(=O)O. The molecule has 1 saturated heterocycles. The van der Waals surface area contributed by atoms with Gasteiger partial charge in [-0.15, -0.1) is 0 Å². The number of aromatic nitrogens is 1. The second kappa shape index (κ2) is 17.0. The van der Waals surface area contributed by atoms with Gasteiger partial charge in [-0.1, -0.05) is 74.5 Å². The number of carbonyl (C=O) groups is 5. The molecule has 5 rings (SSSR count). The summed E-state index contributed by atoms with van der Waals surface area (Å²) in [6.07, 6.45) is 2.69. The summed E-state index contributed by atoms with van der Waals surface area (Å²) >= 11 is 0. The third-order valence-electron chi connectivity index (χ3n) is 9.48. The number of para-hydroxylation sites is 1. The first-order valence-electron chi connectivity index (χ1n) is 17.5. The van der Waals surface area contributed by atoms with Crippen LogP contribution in [0.3, 0.4) is 0 Å². The molecule has 1 aliphatic rings. The van der Waals surface area contributed by atoms with Crippen LogP contribution in [0.4, 0.5) is 0 Å². The maximum atomic E-state index is 14.3. The molecular weight excluding hydrogens is 664 g/mol. The van der Waals surface area contributed by atoms with E-state index in [0.29, 0.717) is 18.4 Å². The number of carbonyl (C=O) groups excluding carboxylic acids is 4. The van der Waals surface area contributed by atoms with E-state index >= 15 is 0 Å². The van der Waals surface area contributed by atoms with Crippen molar-refractivity contribution >= 4 is 40.5 Å². The third kappa shape index (κ3) is 9.34. The molecular formula is C39H46N6O7. The second-order valence-electron chi connectivity index (χ2n) is 13.6. The average molecular weight is 711 g/mol. The first-order valence-corrected chi connectivity index (χ1v) is 17.5. The zero-order chi connectivity index (χ0) is 37.4. The molecule has 0 saturated carbocycles. The van der Waals surface area contributed by atoms with Gasteiger partial charge in [0.25, 0.3) is 0 Å². The first kappa shape index (κ1) is 37.6. The largest absolute Gasteiger partial charge is 0.508 e. The predicted octanol–water partition coefficient (Wildman–Crippen LogP) is 2.41. The molecule has 4 amide bonds. The summed E-state index contributed by atoms with van der Waals surface area (Å²) < 4.78 is 0. The number of nitrogens with zero attached hydrogens (tertiary/aromatic N) is 1. The van der Waals surface area contributed by atoms with Crippen molar-refractivity contribution in [1.82, 2.24) is 25.8 Å². The van der Waals surface area contributed by atoms with Gasteiger partial charge in [0.15, 0.2) is 0 Å². The normalized spacial score (nSPS) is 16.5. The van der Waals surface area contributed by atoms with E-state index in [1.165, 1.54) is 17.0 Å². The van der Waals surface area contributed by atoms with Gasteiger partial charge in [0.2, 0.25) is 23.6 Å². The molecule has 13 heteroatoms. The summed E-state index contributed by atoms with van der Waals surface area (Å²) in [5.74, 6) is -3.64. The lowest BCUT2D eigenvalue weighted by molar-refractivity contribution is -0.145. The van der Waals surface area contributed by atoms with Crippen LogP contribution in [0, 0.1) is 5.92 Å². The summed E-state index contributed by atoms with van der Waals surface area (Å²) in [4.78, 5) is 71.9. The number of hydrogen-bond donors (Lipinski definition) is 7. The number of H-pyrrole nitrogens is 1. The lowest BCUT2D eigenvalue weighted by Gasteiger charge is -2.31. The van der Waals surface area contributed by atoms with E-state index in [-0.39, 0.29) is 37.5 Å². The van der Waals surface area contributed by atoms with Crippen LogP contribution >= 0.6 is 0 Å². The molecule has 1 fully saturated rings. The van der Waals surface area contributed by atoms with Crippen molar-refractivity contribution < 1.29 is 34.2 Å². The molecule has 52 heavy (non-hydrogen) atoms. The van der Waals surface area contributed by atoms with Gasteiger partial charge in [-0.25, -0.2) is 4.79 Å². The van der Waals surface area contributed by atoms with E-state index in [2.05, 4.69) is 20.9 Å². The number of fused-ring (bicyclic) bond motifs is 1. The summed E-state index contributed by atoms with van der Waals surface area (Å²) in [7, 11) is 0. The Morgan fingerprint density at radius 2 is 1.44 bits per heavy atom. The number of nitrogens with two attached hydrogens (primary N) is 1. The Kier molecular flexibility index (Phi) is 12.3. The molecule has 2 heterocycles. The fraction of sp³-hybridized carbons (Fsp3) is 0.359. The molecule has 0 aliphatic carbocycles. The van der Waals surface area contributed by atoms with Gasteiger partial charge in [0.05, 0.1) is 6.04 Å². The quantitative estimate of drug-likeness (QED) is 0.0973. The van der Waals surface area contributed by atoms with E-state index in [1.807, 2.05) is 54.6 Å². The number of amides is 4. The molecule has 274 valence electrons. The number of carboxylic acid groups (broad SMARTS) is 1. The molecule has 8 N–H and O–H groups in total. The summed E-state index contributed by atoms with van der Waals surface area (Å²) in [5, 5.41) is 29.0. The molecule has 1 aliphatic heterocycles. The number of phenolic OH excluding ortho intramolecular Hbond substituents is 1. The fourth-order valence-corrected chi connectivity index (χ4v) is 6.46. The van der Waals surface area contributed by atoms with Gasteiger partial charge < -0.3 is 41.8 Å². The Morgan fingerprint density at radius 3 is 2.13 bits per heavy atom. The fourth-order valence-electron chi connectivity index (χ4n) is 6.46. The molecule has 0 spiro atoms. The molecule has 13 nitrogen and oxygen atoms in total. The monoisotopic (exact) mass is 710 g/mol. The summed E-state index contributed by atoms with van der Waals surface area (Å²) in [6.45, 7) is 3.81. The van der Waals surface area contributed by atoms with Gasteiger partial charge in [-0.3, -0.25) is 19.2 Å². The Labute approximate surface area is 302 Å². The number of hydrogen-bond acceptors (Lipinski definition) is 7. The molecule has 1 aromatic heterocycles. The molecule has 5 atom stereocenters. The van der Waals surface area contributed by atoms with E-state index in [1.54, 1.807) is 32.2 Å². The van der Waals surface area contributed by atoms with Crippen LogP contribution in [0.25, 0.3) is 10.9 Å². The van der Waals surface area contributed by atoms with E-state index in [4.69, 9.17) is 5.73 Å². The van der Waals surface area contributed by atoms with Crippen molar-refractivity contribution in [2.45, 2.75) is 76.2 Å². The number of phenols is 1. The molecule has 3 aromatic carbocycles. The van der Waals surface area contributed by atoms with Crippen molar-refractivity contribution in [2.75, 3.05) is 6.54 Å². The Balaban J connectivity index is 1.36. The van der Waals surface area contributed by atoms with Crippen LogP contribution in [0.1, 0.15) is 43.4 Å². The highest BCUT2D eigenvalue weighted by molar-refractivity contribution is 5.96. The molecule has 0 radical (unpaired) electrons. The lowest BCUT2D eigenvalue weighted by Crippen LogP contribution is -2.59. The number of nitrogens with one attached hydrogen (secondary N) is 4. The smallest absolute Gasteiger partial charge is 0.326 e. The van der Waals surface area contributed by atoms with E-state index in [0.717, 1.165) is 22.0 Å². The van der Waals surface area contributed by atoms with E-state index < -0.39 is 59.8 Å². The third-order valence-corrected chi connectivity index (χ3v) is 9.48. The van der Waals surface area contributed by atoms with E-state index in [9.17, 15) is 34.2 Å². The van der Waals surface area contributed by atoms with Crippen molar-refractivity contribution in [1.29, 1.82) is 0 Å². The minimum atomic E-state index is -1.25. The Hall–Kier alpha value is -5.69. The van der Waals surface area contributed by atoms with Gasteiger partial charge in [0.1, 0.15) is 29.9 Å². The van der Waals surface area contributed by atoms with Gasteiger partial charge in [-0.05, 0) is 53.6 Å². The maximum absolute atomic E-state index is 14.3. The highest BCUT2D eigenvalue weighted by Crippen LogP contribution is 2.23. The molecule has 0 bridgehead atoms. The maximum Gasteiger partial charge on any atom is 0.326 e. The summed E-state index contributed by atoms with van der Waals surface area (Å²) in [6, 6.07) is 17.4. The predicted molar refractivity (Wildman–Crippen MR) is 195 cm³/mol. The van der Waals surface area contributed by atoms with Crippen LogP contribution in [-0.4, -0.2) is 86.4 Å². The number of carboxylic acids is 1. The topological polar surface area (TPSA) is 207 Å². The van der Waals surface area contributed by atoms with Crippen molar-refractivity contribution in [3.05, 3.63) is 102 Å². The van der Waals surface area contributed by atoms with Gasteiger partial charge in [-0.2, -0.15) is 0 Å². The highest BCUT2D eigenvalue weighted by atomic mass is 16.4. The zero-order valence-electron chi connectivity index (χ0n) is 29.2. The first-order chi connectivity index (χ1) is 24.9. The van der Waals surface area contributed by atoms with Crippen LogP contribution in [0.5, 0.6) is 5.75 Å². The summed E-state index contributed by atoms with van der Waals surface area (Å²) in [5.41, 5.74) is 9.09.